The lowest BCUT2D eigenvalue weighted by Gasteiger charge is -2.15. The van der Waals surface area contributed by atoms with E-state index in [1.807, 2.05) is 6.07 Å². The van der Waals surface area contributed by atoms with Gasteiger partial charge in [0, 0.05) is 29.9 Å². The molecule has 0 aliphatic carbocycles. The van der Waals surface area contributed by atoms with Gasteiger partial charge in [-0.25, -0.2) is 13.2 Å². The molecular formula is C26H24N2O6S. The summed E-state index contributed by atoms with van der Waals surface area (Å²) in [5.41, 5.74) is 1.57. The van der Waals surface area contributed by atoms with Crippen LogP contribution in [-0.2, 0) is 19.6 Å². The van der Waals surface area contributed by atoms with E-state index in [-0.39, 0.29) is 16.2 Å². The lowest BCUT2D eigenvalue weighted by Crippen LogP contribution is -2.27. The Morgan fingerprint density at radius 2 is 1.34 bits per heavy atom. The summed E-state index contributed by atoms with van der Waals surface area (Å²) in [7, 11) is -3.53. The van der Waals surface area contributed by atoms with Crippen molar-refractivity contribution in [3.05, 3.63) is 95.6 Å². The third-order valence-electron chi connectivity index (χ3n) is 5.59. The van der Waals surface area contributed by atoms with Gasteiger partial charge in [0.2, 0.25) is 10.0 Å². The molecule has 1 saturated heterocycles. The first-order valence-electron chi connectivity index (χ1n) is 11.1. The highest BCUT2D eigenvalue weighted by Crippen LogP contribution is 2.22. The molecule has 0 aromatic heterocycles. The van der Waals surface area contributed by atoms with Crippen LogP contribution in [0.4, 0.5) is 5.69 Å². The third kappa shape index (κ3) is 5.82. The molecular weight excluding hydrogens is 468 g/mol. The van der Waals surface area contributed by atoms with Crippen LogP contribution in [0.1, 0.15) is 39.1 Å². The number of nitrogens with zero attached hydrogens (tertiary/aromatic N) is 1. The molecule has 180 valence electrons. The minimum Gasteiger partial charge on any atom is -0.452 e. The van der Waals surface area contributed by atoms with Crippen LogP contribution in [0.3, 0.4) is 0 Å². The number of esters is 1. The van der Waals surface area contributed by atoms with Crippen molar-refractivity contribution >= 4 is 33.4 Å². The molecule has 0 radical (unpaired) electrons. The Morgan fingerprint density at radius 3 is 1.97 bits per heavy atom. The summed E-state index contributed by atoms with van der Waals surface area (Å²) in [5.74, 6) is -1.43. The zero-order valence-electron chi connectivity index (χ0n) is 18.8. The Kier molecular flexibility index (Phi) is 7.38. The first-order valence-corrected chi connectivity index (χ1v) is 12.6. The summed E-state index contributed by atoms with van der Waals surface area (Å²) in [6, 6.07) is 20.6. The van der Waals surface area contributed by atoms with Gasteiger partial charge in [0.15, 0.2) is 12.4 Å². The predicted octanol–water partition coefficient (Wildman–Crippen LogP) is 3.50. The van der Waals surface area contributed by atoms with E-state index in [2.05, 4.69) is 5.32 Å². The number of rotatable bonds is 8. The molecule has 1 heterocycles. The molecule has 1 aliphatic rings. The Hall–Kier alpha value is -3.82. The van der Waals surface area contributed by atoms with E-state index in [0.29, 0.717) is 29.9 Å². The molecule has 1 N–H and O–H groups in total. The molecule has 3 aromatic rings. The molecule has 1 aliphatic heterocycles. The zero-order valence-corrected chi connectivity index (χ0v) is 19.7. The van der Waals surface area contributed by atoms with E-state index in [1.54, 1.807) is 24.3 Å². The lowest BCUT2D eigenvalue weighted by molar-refractivity contribution is -0.119. The van der Waals surface area contributed by atoms with Gasteiger partial charge in [-0.2, -0.15) is 4.31 Å². The number of nitrogens with one attached hydrogen (secondary N) is 1. The van der Waals surface area contributed by atoms with Crippen LogP contribution in [0, 0.1) is 0 Å². The van der Waals surface area contributed by atoms with Crippen LogP contribution in [0.2, 0.25) is 0 Å². The second-order valence-corrected chi connectivity index (χ2v) is 9.97. The highest BCUT2D eigenvalue weighted by molar-refractivity contribution is 7.89. The van der Waals surface area contributed by atoms with Crippen LogP contribution in [0.25, 0.3) is 0 Å². The van der Waals surface area contributed by atoms with Gasteiger partial charge in [-0.1, -0.05) is 42.5 Å². The number of anilines is 1. The van der Waals surface area contributed by atoms with Gasteiger partial charge in [0.05, 0.1) is 10.5 Å². The second kappa shape index (κ2) is 10.6. The first-order chi connectivity index (χ1) is 16.8. The van der Waals surface area contributed by atoms with Gasteiger partial charge < -0.3 is 10.1 Å². The standard InChI is InChI=1S/C26H24N2O6S/c29-24(27-22-12-14-23(15-13-22)35(32,33)28-16-4-5-17-28)18-34-26(31)21-10-8-20(9-11-21)25(30)19-6-2-1-3-7-19/h1-3,6-15H,4-5,16-18H2,(H,27,29). The number of ether oxygens (including phenoxy) is 1. The van der Waals surface area contributed by atoms with E-state index < -0.39 is 28.5 Å². The van der Waals surface area contributed by atoms with Crippen molar-refractivity contribution in [2.45, 2.75) is 17.7 Å². The fourth-order valence-electron chi connectivity index (χ4n) is 3.71. The summed E-state index contributed by atoms with van der Waals surface area (Å²) in [6.45, 7) is 0.508. The average molecular weight is 493 g/mol. The Labute approximate surface area is 203 Å². The smallest absolute Gasteiger partial charge is 0.338 e. The van der Waals surface area contributed by atoms with E-state index in [1.165, 1.54) is 52.8 Å². The number of carbonyl (C=O) groups excluding carboxylic acids is 3. The Morgan fingerprint density at radius 1 is 0.771 bits per heavy atom. The van der Waals surface area contributed by atoms with E-state index >= 15 is 0 Å². The third-order valence-corrected chi connectivity index (χ3v) is 7.51. The Bertz CT molecular complexity index is 1310. The van der Waals surface area contributed by atoms with E-state index in [9.17, 15) is 22.8 Å². The van der Waals surface area contributed by atoms with Gasteiger partial charge >= 0.3 is 5.97 Å². The van der Waals surface area contributed by atoms with Crippen LogP contribution in [-0.4, -0.2) is 50.1 Å². The first kappa shape index (κ1) is 24.3. The van der Waals surface area contributed by atoms with Gasteiger partial charge in [-0.3, -0.25) is 9.59 Å². The molecule has 0 unspecified atom stereocenters. The molecule has 1 amide bonds. The lowest BCUT2D eigenvalue weighted by atomic mass is 10.0. The molecule has 0 atom stereocenters. The van der Waals surface area contributed by atoms with Crippen LogP contribution in [0.5, 0.6) is 0 Å². The number of sulfonamides is 1. The normalized spacial score (nSPS) is 13.8. The minimum absolute atomic E-state index is 0.163. The molecule has 4 rings (SSSR count). The SMILES string of the molecule is O=C(COC(=O)c1ccc(C(=O)c2ccccc2)cc1)Nc1ccc(S(=O)(=O)N2CCCC2)cc1. The highest BCUT2D eigenvalue weighted by atomic mass is 32.2. The van der Waals surface area contributed by atoms with Gasteiger partial charge in [0.1, 0.15) is 0 Å². The number of carbonyl (C=O) groups is 3. The van der Waals surface area contributed by atoms with E-state index in [4.69, 9.17) is 4.74 Å². The highest BCUT2D eigenvalue weighted by Gasteiger charge is 2.27. The van der Waals surface area contributed by atoms with Crippen molar-refractivity contribution in [3.63, 3.8) is 0 Å². The van der Waals surface area contributed by atoms with Crippen molar-refractivity contribution in [2.24, 2.45) is 0 Å². The molecule has 0 bridgehead atoms. The summed E-state index contributed by atoms with van der Waals surface area (Å²) < 4.78 is 31.6. The number of amides is 1. The molecule has 8 nitrogen and oxygen atoms in total. The van der Waals surface area contributed by atoms with Crippen molar-refractivity contribution < 1.29 is 27.5 Å². The minimum atomic E-state index is -3.53. The zero-order chi connectivity index (χ0) is 24.8. The van der Waals surface area contributed by atoms with Gasteiger partial charge in [-0.15, -0.1) is 0 Å². The number of benzene rings is 3. The molecule has 35 heavy (non-hydrogen) atoms. The molecule has 0 spiro atoms. The monoisotopic (exact) mass is 492 g/mol. The van der Waals surface area contributed by atoms with Crippen LogP contribution < -0.4 is 5.32 Å². The van der Waals surface area contributed by atoms with Gasteiger partial charge in [-0.05, 0) is 49.2 Å². The summed E-state index contributed by atoms with van der Waals surface area (Å²) in [6.07, 6.45) is 1.70. The maximum Gasteiger partial charge on any atom is 0.338 e. The van der Waals surface area contributed by atoms with Crippen molar-refractivity contribution in [1.82, 2.24) is 4.31 Å². The fraction of sp³-hybridized carbons (Fsp3) is 0.192. The molecule has 0 saturated carbocycles. The number of hydrogen-bond acceptors (Lipinski definition) is 6. The summed E-state index contributed by atoms with van der Waals surface area (Å²) >= 11 is 0. The average Bonchev–Trinajstić information content (AvgIpc) is 3.44. The largest absolute Gasteiger partial charge is 0.452 e. The van der Waals surface area contributed by atoms with E-state index in [0.717, 1.165) is 12.8 Å². The Balaban J connectivity index is 1.29. The predicted molar refractivity (Wildman–Crippen MR) is 130 cm³/mol. The van der Waals surface area contributed by atoms with Gasteiger partial charge in [0.25, 0.3) is 5.91 Å². The van der Waals surface area contributed by atoms with Crippen molar-refractivity contribution in [2.75, 3.05) is 25.0 Å². The molecule has 9 heteroatoms. The summed E-state index contributed by atoms with van der Waals surface area (Å²) in [5, 5.41) is 2.57. The van der Waals surface area contributed by atoms with Crippen LogP contribution >= 0.6 is 0 Å². The van der Waals surface area contributed by atoms with Crippen molar-refractivity contribution in [1.29, 1.82) is 0 Å². The molecule has 1 fully saturated rings. The maximum atomic E-state index is 12.6. The maximum absolute atomic E-state index is 12.6. The van der Waals surface area contributed by atoms with Crippen molar-refractivity contribution in [3.8, 4) is 0 Å². The second-order valence-electron chi connectivity index (χ2n) is 8.03. The number of hydrogen-bond donors (Lipinski definition) is 1. The summed E-state index contributed by atoms with van der Waals surface area (Å²) in [4.78, 5) is 37.1. The quantitative estimate of drug-likeness (QED) is 0.381. The molecule has 3 aromatic carbocycles. The number of ketones is 1. The topological polar surface area (TPSA) is 110 Å². The fourth-order valence-corrected chi connectivity index (χ4v) is 5.23. The van der Waals surface area contributed by atoms with Crippen LogP contribution in [0.15, 0.2) is 83.8 Å².